The Bertz CT molecular complexity index is 578. The SMILES string of the molecule is CC(C)(CN)N1C(=O)c2ccccc2S1(=O)=O. The van der Waals surface area contributed by atoms with Crippen molar-refractivity contribution < 1.29 is 13.2 Å². The van der Waals surface area contributed by atoms with Crippen LogP contribution in [0.3, 0.4) is 0 Å². The Morgan fingerprint density at radius 3 is 2.41 bits per heavy atom. The van der Waals surface area contributed by atoms with Gasteiger partial charge < -0.3 is 5.73 Å². The number of carbonyl (C=O) groups excluding carboxylic acids is 1. The van der Waals surface area contributed by atoms with Gasteiger partial charge in [0.15, 0.2) is 0 Å². The van der Waals surface area contributed by atoms with Crippen LogP contribution in [0.2, 0.25) is 0 Å². The van der Waals surface area contributed by atoms with Gasteiger partial charge in [-0.3, -0.25) is 4.79 Å². The molecule has 1 heterocycles. The number of fused-ring (bicyclic) bond motifs is 1. The van der Waals surface area contributed by atoms with Crippen LogP contribution in [0.1, 0.15) is 24.2 Å². The highest BCUT2D eigenvalue weighted by Crippen LogP contribution is 2.34. The Morgan fingerprint density at radius 1 is 1.29 bits per heavy atom. The molecule has 5 nitrogen and oxygen atoms in total. The number of hydrogen-bond acceptors (Lipinski definition) is 4. The molecule has 92 valence electrons. The number of rotatable bonds is 2. The zero-order valence-corrected chi connectivity index (χ0v) is 10.5. The molecule has 0 aromatic heterocycles. The quantitative estimate of drug-likeness (QED) is 0.836. The summed E-state index contributed by atoms with van der Waals surface area (Å²) in [6, 6.07) is 6.20. The molecule has 1 aromatic carbocycles. The highest BCUT2D eigenvalue weighted by atomic mass is 32.2. The third kappa shape index (κ3) is 1.56. The largest absolute Gasteiger partial charge is 0.328 e. The highest BCUT2D eigenvalue weighted by molar-refractivity contribution is 7.90. The zero-order chi connectivity index (χ0) is 12.8. The molecule has 0 fully saturated rings. The number of benzene rings is 1. The Labute approximate surface area is 100 Å². The third-order valence-corrected chi connectivity index (χ3v) is 4.92. The maximum Gasteiger partial charge on any atom is 0.269 e. The fourth-order valence-electron chi connectivity index (χ4n) is 1.87. The number of amides is 1. The van der Waals surface area contributed by atoms with Gasteiger partial charge in [-0.2, -0.15) is 0 Å². The lowest BCUT2D eigenvalue weighted by Gasteiger charge is -2.32. The molecule has 0 saturated carbocycles. The first-order valence-corrected chi connectivity index (χ1v) is 6.65. The Kier molecular flexibility index (Phi) is 2.52. The van der Waals surface area contributed by atoms with Crippen molar-refractivity contribution >= 4 is 15.9 Å². The topological polar surface area (TPSA) is 80.5 Å². The van der Waals surface area contributed by atoms with Crippen LogP contribution in [0.15, 0.2) is 29.2 Å². The van der Waals surface area contributed by atoms with Gasteiger partial charge in [0.25, 0.3) is 15.9 Å². The summed E-state index contributed by atoms with van der Waals surface area (Å²) in [5.74, 6) is -0.504. The molecule has 0 unspecified atom stereocenters. The van der Waals surface area contributed by atoms with Crippen LogP contribution >= 0.6 is 0 Å². The molecule has 0 spiro atoms. The molecule has 6 heteroatoms. The van der Waals surface area contributed by atoms with Crippen LogP contribution in [0, 0.1) is 0 Å². The fourth-order valence-corrected chi connectivity index (χ4v) is 3.79. The van der Waals surface area contributed by atoms with Gasteiger partial charge in [-0.25, -0.2) is 12.7 Å². The summed E-state index contributed by atoms with van der Waals surface area (Å²) in [5.41, 5.74) is 4.84. The van der Waals surface area contributed by atoms with Crippen LogP contribution < -0.4 is 5.73 Å². The summed E-state index contributed by atoms with van der Waals surface area (Å²) in [5, 5.41) is 0. The van der Waals surface area contributed by atoms with Crippen molar-refractivity contribution in [2.75, 3.05) is 6.54 Å². The van der Waals surface area contributed by atoms with Crippen molar-refractivity contribution in [3.05, 3.63) is 29.8 Å². The van der Waals surface area contributed by atoms with E-state index in [1.807, 2.05) is 0 Å². The van der Waals surface area contributed by atoms with E-state index in [2.05, 4.69) is 0 Å². The van der Waals surface area contributed by atoms with E-state index in [0.717, 1.165) is 4.31 Å². The molecule has 2 N–H and O–H groups in total. The molecule has 0 aliphatic carbocycles. The lowest BCUT2D eigenvalue weighted by Crippen LogP contribution is -2.52. The standard InChI is InChI=1S/C11H14N2O3S/c1-11(2,7-12)13-10(14)8-5-3-4-6-9(8)17(13,15)16/h3-6H,7,12H2,1-2H3. The normalized spacial score (nSPS) is 18.3. The van der Waals surface area contributed by atoms with Crippen molar-refractivity contribution in [1.82, 2.24) is 4.31 Å². The second-order valence-corrected chi connectivity index (χ2v) is 6.34. The van der Waals surface area contributed by atoms with Gasteiger partial charge in [0.2, 0.25) is 0 Å². The predicted molar refractivity (Wildman–Crippen MR) is 62.9 cm³/mol. The van der Waals surface area contributed by atoms with Gasteiger partial charge >= 0.3 is 0 Å². The molecule has 0 saturated heterocycles. The van der Waals surface area contributed by atoms with Crippen LogP contribution in [0.25, 0.3) is 0 Å². The molecule has 1 amide bonds. The van der Waals surface area contributed by atoms with Crippen molar-refractivity contribution in [1.29, 1.82) is 0 Å². The highest BCUT2D eigenvalue weighted by Gasteiger charge is 2.47. The van der Waals surface area contributed by atoms with Gasteiger partial charge in [0.05, 0.1) is 11.1 Å². The van der Waals surface area contributed by atoms with Crippen molar-refractivity contribution in [3.63, 3.8) is 0 Å². The fraction of sp³-hybridized carbons (Fsp3) is 0.364. The summed E-state index contributed by atoms with van der Waals surface area (Å²) in [6.07, 6.45) is 0. The summed E-state index contributed by atoms with van der Waals surface area (Å²) < 4.78 is 25.4. The van der Waals surface area contributed by atoms with E-state index >= 15 is 0 Å². The van der Waals surface area contributed by atoms with E-state index in [1.165, 1.54) is 12.1 Å². The second-order valence-electron chi connectivity index (χ2n) is 4.59. The van der Waals surface area contributed by atoms with Crippen molar-refractivity contribution in [2.45, 2.75) is 24.3 Å². The maximum absolute atomic E-state index is 12.2. The predicted octanol–water partition coefficient (Wildman–Crippen LogP) is 0.568. The average molecular weight is 254 g/mol. The van der Waals surface area contributed by atoms with Crippen LogP contribution in [0.4, 0.5) is 0 Å². The van der Waals surface area contributed by atoms with Crippen LogP contribution in [0.5, 0.6) is 0 Å². The van der Waals surface area contributed by atoms with Gasteiger partial charge in [0, 0.05) is 6.54 Å². The molecule has 1 aliphatic rings. The van der Waals surface area contributed by atoms with E-state index in [1.54, 1.807) is 26.0 Å². The molecule has 1 aromatic rings. The molecular weight excluding hydrogens is 240 g/mol. The minimum absolute atomic E-state index is 0.0616. The Hall–Kier alpha value is -1.40. The van der Waals surface area contributed by atoms with Gasteiger partial charge in [-0.15, -0.1) is 0 Å². The summed E-state index contributed by atoms with van der Waals surface area (Å²) >= 11 is 0. The van der Waals surface area contributed by atoms with Crippen molar-refractivity contribution in [2.24, 2.45) is 5.73 Å². The Balaban J connectivity index is 2.68. The summed E-state index contributed by atoms with van der Waals surface area (Å²) in [7, 11) is -3.76. The minimum atomic E-state index is -3.76. The summed E-state index contributed by atoms with van der Waals surface area (Å²) in [4.78, 5) is 12.2. The van der Waals surface area contributed by atoms with E-state index in [-0.39, 0.29) is 17.0 Å². The second kappa shape index (κ2) is 3.54. The van der Waals surface area contributed by atoms with Gasteiger partial charge in [0.1, 0.15) is 4.90 Å². The van der Waals surface area contributed by atoms with Crippen LogP contribution in [-0.4, -0.2) is 30.7 Å². The van der Waals surface area contributed by atoms with E-state index in [0.29, 0.717) is 0 Å². The molecule has 1 aliphatic heterocycles. The first-order chi connectivity index (χ1) is 7.82. The Morgan fingerprint density at radius 2 is 1.88 bits per heavy atom. The van der Waals surface area contributed by atoms with E-state index in [4.69, 9.17) is 5.73 Å². The van der Waals surface area contributed by atoms with Gasteiger partial charge in [-0.1, -0.05) is 12.1 Å². The van der Waals surface area contributed by atoms with E-state index in [9.17, 15) is 13.2 Å². The smallest absolute Gasteiger partial charge is 0.269 e. The molecule has 2 rings (SSSR count). The molecule has 0 bridgehead atoms. The van der Waals surface area contributed by atoms with Crippen LogP contribution in [-0.2, 0) is 10.0 Å². The summed E-state index contributed by atoms with van der Waals surface area (Å²) in [6.45, 7) is 3.34. The molecular formula is C11H14N2O3S. The number of carbonyl (C=O) groups is 1. The number of hydrogen-bond donors (Lipinski definition) is 1. The van der Waals surface area contributed by atoms with Crippen molar-refractivity contribution in [3.8, 4) is 0 Å². The van der Waals surface area contributed by atoms with E-state index < -0.39 is 21.5 Å². The molecule has 17 heavy (non-hydrogen) atoms. The maximum atomic E-state index is 12.2. The lowest BCUT2D eigenvalue weighted by atomic mass is 10.1. The number of sulfonamides is 1. The zero-order valence-electron chi connectivity index (χ0n) is 9.67. The third-order valence-electron chi connectivity index (χ3n) is 2.87. The lowest BCUT2D eigenvalue weighted by molar-refractivity contribution is 0.0778. The number of nitrogens with two attached hydrogens (primary N) is 1. The minimum Gasteiger partial charge on any atom is -0.328 e. The first-order valence-electron chi connectivity index (χ1n) is 5.21. The number of nitrogens with zero attached hydrogens (tertiary/aromatic N) is 1. The first kappa shape index (κ1) is 12.1. The average Bonchev–Trinajstić information content (AvgIpc) is 2.48. The monoisotopic (exact) mass is 254 g/mol. The molecule has 0 radical (unpaired) electrons. The molecule has 0 atom stereocenters. The van der Waals surface area contributed by atoms with Gasteiger partial charge in [-0.05, 0) is 26.0 Å².